The molecular weight excluding hydrogens is 283 g/mol. The second-order valence-corrected chi connectivity index (χ2v) is 6.69. The highest BCUT2D eigenvalue weighted by Crippen LogP contribution is 2.45. The normalized spacial score (nSPS) is 27.9. The molecule has 1 heterocycles. The number of aromatic nitrogens is 2. The van der Waals surface area contributed by atoms with Crippen molar-refractivity contribution in [2.24, 2.45) is 17.1 Å². The zero-order valence-electron chi connectivity index (χ0n) is 12.6. The molecule has 2 N–H and O–H groups in total. The van der Waals surface area contributed by atoms with Gasteiger partial charge in [0.15, 0.2) is 5.82 Å². The van der Waals surface area contributed by atoms with Crippen molar-refractivity contribution in [3.05, 3.63) is 11.7 Å². The zero-order valence-corrected chi connectivity index (χ0v) is 12.6. The minimum atomic E-state index is -4.62. The maximum absolute atomic E-state index is 12.5. The first-order valence-electron chi connectivity index (χ1n) is 7.29. The average molecular weight is 305 g/mol. The molecule has 1 aromatic rings. The summed E-state index contributed by atoms with van der Waals surface area (Å²) in [6, 6.07) is 0. The second kappa shape index (κ2) is 5.26. The Balaban J connectivity index is 2.10. The predicted molar refractivity (Wildman–Crippen MR) is 71.2 cm³/mol. The Morgan fingerprint density at radius 3 is 2.29 bits per heavy atom. The van der Waals surface area contributed by atoms with Gasteiger partial charge in [0, 0.05) is 0 Å². The van der Waals surface area contributed by atoms with Crippen molar-refractivity contribution in [3.63, 3.8) is 0 Å². The molecule has 0 spiro atoms. The fraction of sp³-hybridized carbons (Fsp3) is 0.857. The second-order valence-electron chi connectivity index (χ2n) is 6.69. The molecule has 1 fully saturated rings. The van der Waals surface area contributed by atoms with Crippen LogP contribution in [0.3, 0.4) is 0 Å². The molecule has 7 heteroatoms. The number of nitrogens with zero attached hydrogens (tertiary/aromatic N) is 2. The van der Waals surface area contributed by atoms with Crippen molar-refractivity contribution in [2.45, 2.75) is 64.6 Å². The van der Waals surface area contributed by atoms with Crippen LogP contribution >= 0.6 is 0 Å². The first-order chi connectivity index (χ1) is 9.58. The molecule has 1 saturated carbocycles. The predicted octanol–water partition coefficient (Wildman–Crippen LogP) is 3.87. The molecule has 0 bridgehead atoms. The Labute approximate surface area is 122 Å². The number of alkyl halides is 3. The average Bonchev–Trinajstić information content (AvgIpc) is 2.89. The van der Waals surface area contributed by atoms with Gasteiger partial charge in [-0.05, 0) is 37.0 Å². The fourth-order valence-corrected chi connectivity index (χ4v) is 2.97. The fourth-order valence-electron chi connectivity index (χ4n) is 2.97. The van der Waals surface area contributed by atoms with E-state index >= 15 is 0 Å². The number of rotatable bonds is 3. The standard InChI is InChI=1S/C14H22F3N3O/c1-4-12(2,3)9-5-7-13(18,8-6-9)10-19-11(21-20-10)14(15,16)17/h9H,4-8,18H2,1-3H3. The lowest BCUT2D eigenvalue weighted by molar-refractivity contribution is -0.159. The van der Waals surface area contributed by atoms with E-state index in [4.69, 9.17) is 5.73 Å². The number of nitrogens with two attached hydrogens (primary N) is 1. The molecule has 4 nitrogen and oxygen atoms in total. The summed E-state index contributed by atoms with van der Waals surface area (Å²) in [6.07, 6.45) is -0.658. The van der Waals surface area contributed by atoms with Gasteiger partial charge in [-0.3, -0.25) is 0 Å². The maximum atomic E-state index is 12.5. The monoisotopic (exact) mass is 305 g/mol. The molecule has 1 aliphatic carbocycles. The summed E-state index contributed by atoms with van der Waals surface area (Å²) in [5.41, 5.74) is 5.54. The summed E-state index contributed by atoms with van der Waals surface area (Å²) in [7, 11) is 0. The molecule has 0 saturated heterocycles. The molecule has 1 aromatic heterocycles. The van der Waals surface area contributed by atoms with E-state index in [1.165, 1.54) is 0 Å². The number of hydrogen-bond acceptors (Lipinski definition) is 4. The van der Waals surface area contributed by atoms with Gasteiger partial charge in [-0.1, -0.05) is 32.3 Å². The minimum Gasteiger partial charge on any atom is -0.329 e. The van der Waals surface area contributed by atoms with Crippen molar-refractivity contribution in [1.82, 2.24) is 10.1 Å². The molecule has 0 amide bonds. The summed E-state index contributed by atoms with van der Waals surface area (Å²) in [5.74, 6) is -0.825. The first-order valence-corrected chi connectivity index (χ1v) is 7.29. The zero-order chi connectivity index (χ0) is 15.9. The van der Waals surface area contributed by atoms with E-state index in [2.05, 4.69) is 35.4 Å². The van der Waals surface area contributed by atoms with E-state index in [1.807, 2.05) is 0 Å². The smallest absolute Gasteiger partial charge is 0.329 e. The van der Waals surface area contributed by atoms with E-state index in [9.17, 15) is 13.2 Å². The summed E-state index contributed by atoms with van der Waals surface area (Å²) < 4.78 is 41.9. The molecule has 0 unspecified atom stereocenters. The van der Waals surface area contributed by atoms with Crippen LogP contribution in [0.25, 0.3) is 0 Å². The maximum Gasteiger partial charge on any atom is 0.471 e. The third kappa shape index (κ3) is 3.22. The van der Waals surface area contributed by atoms with Gasteiger partial charge in [0.2, 0.25) is 0 Å². The number of halogens is 3. The Morgan fingerprint density at radius 1 is 1.29 bits per heavy atom. The Bertz CT molecular complexity index is 488. The van der Waals surface area contributed by atoms with Gasteiger partial charge in [0.05, 0.1) is 5.54 Å². The van der Waals surface area contributed by atoms with Crippen molar-refractivity contribution < 1.29 is 17.7 Å². The number of hydrogen-bond donors (Lipinski definition) is 1. The van der Waals surface area contributed by atoms with Crippen LogP contribution in [0.1, 0.15) is 64.6 Å². The van der Waals surface area contributed by atoms with Gasteiger partial charge in [-0.25, -0.2) is 0 Å². The third-order valence-electron chi connectivity index (χ3n) is 5.01. The lowest BCUT2D eigenvalue weighted by Gasteiger charge is -2.41. The minimum absolute atomic E-state index is 0.0254. The summed E-state index contributed by atoms with van der Waals surface area (Å²) in [4.78, 5) is 3.46. The van der Waals surface area contributed by atoms with Crippen LogP contribution in [0.2, 0.25) is 0 Å². The van der Waals surface area contributed by atoms with Crippen molar-refractivity contribution in [1.29, 1.82) is 0 Å². The van der Waals surface area contributed by atoms with Gasteiger partial charge >= 0.3 is 12.1 Å². The molecule has 120 valence electrons. The molecule has 21 heavy (non-hydrogen) atoms. The van der Waals surface area contributed by atoms with Crippen LogP contribution in [0, 0.1) is 11.3 Å². The largest absolute Gasteiger partial charge is 0.471 e. The summed E-state index contributed by atoms with van der Waals surface area (Å²) in [6.45, 7) is 6.59. The van der Waals surface area contributed by atoms with Crippen LogP contribution in [0.4, 0.5) is 13.2 Å². The highest BCUT2D eigenvalue weighted by atomic mass is 19.4. The van der Waals surface area contributed by atoms with Gasteiger partial charge in [-0.15, -0.1) is 0 Å². The molecule has 0 atom stereocenters. The third-order valence-corrected chi connectivity index (χ3v) is 5.01. The van der Waals surface area contributed by atoms with Gasteiger partial charge in [0.1, 0.15) is 0 Å². The topological polar surface area (TPSA) is 64.9 Å². The van der Waals surface area contributed by atoms with Crippen molar-refractivity contribution in [2.75, 3.05) is 0 Å². The van der Waals surface area contributed by atoms with Crippen LogP contribution in [0.5, 0.6) is 0 Å². The Hall–Kier alpha value is -1.11. The van der Waals surface area contributed by atoms with Crippen molar-refractivity contribution >= 4 is 0 Å². The SMILES string of the molecule is CCC(C)(C)C1CCC(N)(c2noc(C(F)(F)F)n2)CC1. The van der Waals surface area contributed by atoms with Crippen LogP contribution in [0.15, 0.2) is 4.52 Å². The van der Waals surface area contributed by atoms with Crippen molar-refractivity contribution in [3.8, 4) is 0 Å². The molecular formula is C14H22F3N3O. The lowest BCUT2D eigenvalue weighted by Crippen LogP contribution is -2.43. The highest BCUT2D eigenvalue weighted by molar-refractivity contribution is 5.07. The van der Waals surface area contributed by atoms with E-state index in [0.717, 1.165) is 19.3 Å². The van der Waals surface area contributed by atoms with Crippen LogP contribution < -0.4 is 5.73 Å². The van der Waals surface area contributed by atoms with E-state index in [0.29, 0.717) is 18.8 Å². The lowest BCUT2D eigenvalue weighted by atomic mass is 9.65. The summed E-state index contributed by atoms with van der Waals surface area (Å²) in [5, 5.41) is 3.45. The van der Waals surface area contributed by atoms with Gasteiger partial charge < -0.3 is 10.3 Å². The van der Waals surface area contributed by atoms with Gasteiger partial charge in [0.25, 0.3) is 0 Å². The molecule has 0 aromatic carbocycles. The molecule has 1 aliphatic rings. The Kier molecular flexibility index (Phi) is 4.08. The quantitative estimate of drug-likeness (QED) is 0.920. The van der Waals surface area contributed by atoms with E-state index in [-0.39, 0.29) is 11.2 Å². The van der Waals surface area contributed by atoms with Crippen LogP contribution in [-0.2, 0) is 11.7 Å². The van der Waals surface area contributed by atoms with E-state index < -0.39 is 17.6 Å². The molecule has 0 aliphatic heterocycles. The molecule has 0 radical (unpaired) electrons. The Morgan fingerprint density at radius 2 is 1.86 bits per heavy atom. The van der Waals surface area contributed by atoms with Crippen LogP contribution in [-0.4, -0.2) is 10.1 Å². The molecule has 2 rings (SSSR count). The summed E-state index contributed by atoms with van der Waals surface area (Å²) >= 11 is 0. The first kappa shape index (κ1) is 16.3. The highest BCUT2D eigenvalue weighted by Gasteiger charge is 2.44. The van der Waals surface area contributed by atoms with Gasteiger partial charge in [-0.2, -0.15) is 18.2 Å². The van der Waals surface area contributed by atoms with E-state index in [1.54, 1.807) is 0 Å².